The first-order valence-electron chi connectivity index (χ1n) is 12.0. The maximum Gasteiger partial charge on any atom is 0.250 e. The number of nitrogens with zero attached hydrogens (tertiary/aromatic N) is 1. The van der Waals surface area contributed by atoms with Gasteiger partial charge in [0, 0.05) is 28.5 Å². The third-order valence-electron chi connectivity index (χ3n) is 7.61. The van der Waals surface area contributed by atoms with E-state index in [0.29, 0.717) is 5.92 Å². The van der Waals surface area contributed by atoms with E-state index < -0.39 is 0 Å². The summed E-state index contributed by atoms with van der Waals surface area (Å²) in [4.78, 5) is 16.4. The molecule has 1 aromatic carbocycles. The molecule has 0 bridgehead atoms. The molecule has 1 heterocycles. The molecule has 0 aromatic heterocycles. The quantitative estimate of drug-likeness (QED) is 0.519. The Morgan fingerprint density at radius 2 is 1.71 bits per heavy atom. The number of benzene rings is 1. The van der Waals surface area contributed by atoms with Crippen LogP contribution in [-0.4, -0.2) is 29.0 Å². The number of ether oxygens (including phenoxy) is 1. The van der Waals surface area contributed by atoms with Gasteiger partial charge in [-0.1, -0.05) is 50.6 Å². The number of rotatable bonds is 6. The van der Waals surface area contributed by atoms with Crippen molar-refractivity contribution >= 4 is 5.91 Å². The summed E-state index contributed by atoms with van der Waals surface area (Å²) in [5.74, 6) is 1.90. The number of likely N-dealkylation sites (tertiary alicyclic amines) is 1. The molecule has 170 valence electrons. The topological polar surface area (TPSA) is 29.5 Å². The van der Waals surface area contributed by atoms with E-state index in [1.807, 2.05) is 6.08 Å². The fraction of sp³-hybridized carbons (Fsp3) is 0.607. The van der Waals surface area contributed by atoms with Gasteiger partial charge in [-0.2, -0.15) is 0 Å². The molecule has 0 N–H and O–H groups in total. The maximum absolute atomic E-state index is 14.2. The molecule has 3 heteroatoms. The number of piperidine rings is 1. The van der Waals surface area contributed by atoms with Crippen LogP contribution in [0.2, 0.25) is 0 Å². The number of allylic oxidation sites excluding steroid dienone is 3. The molecule has 3 rings (SSSR count). The number of methoxy groups -OCH3 is 1. The zero-order valence-corrected chi connectivity index (χ0v) is 20.6. The average molecular weight is 424 g/mol. The Hall–Kier alpha value is -2.03. The fourth-order valence-corrected chi connectivity index (χ4v) is 5.96. The van der Waals surface area contributed by atoms with Crippen molar-refractivity contribution in [3.8, 4) is 0 Å². The van der Waals surface area contributed by atoms with Gasteiger partial charge in [0.1, 0.15) is 0 Å². The van der Waals surface area contributed by atoms with Crippen molar-refractivity contribution in [3.05, 3.63) is 59.4 Å². The Kier molecular flexibility index (Phi) is 7.03. The second kappa shape index (κ2) is 9.22. The molecule has 1 unspecified atom stereocenters. The van der Waals surface area contributed by atoms with Gasteiger partial charge in [0.2, 0.25) is 0 Å². The van der Waals surface area contributed by atoms with Crippen molar-refractivity contribution < 1.29 is 9.53 Å². The molecule has 3 nitrogen and oxygen atoms in total. The molecule has 1 aliphatic carbocycles. The number of hydrogen-bond acceptors (Lipinski definition) is 2. The summed E-state index contributed by atoms with van der Waals surface area (Å²) in [6, 6.07) is 10.6. The third kappa shape index (κ3) is 4.76. The van der Waals surface area contributed by atoms with E-state index >= 15 is 0 Å². The van der Waals surface area contributed by atoms with E-state index in [2.05, 4.69) is 82.9 Å². The fourth-order valence-electron chi connectivity index (χ4n) is 5.96. The number of amides is 1. The molecule has 0 spiro atoms. The monoisotopic (exact) mass is 423 g/mol. The Bertz CT molecular complexity index is 818. The highest BCUT2D eigenvalue weighted by Crippen LogP contribution is 2.45. The smallest absolute Gasteiger partial charge is 0.250 e. The molecular formula is C28H41NO2. The summed E-state index contributed by atoms with van der Waals surface area (Å²) in [5, 5.41) is 0. The number of hydrogen-bond donors (Lipinski definition) is 0. The number of carbonyl (C=O) groups excluding carboxylic acids is 1. The van der Waals surface area contributed by atoms with Crippen molar-refractivity contribution in [2.24, 2.45) is 17.8 Å². The molecule has 31 heavy (non-hydrogen) atoms. The lowest BCUT2D eigenvalue weighted by molar-refractivity contribution is -0.145. The first kappa shape index (κ1) is 23.6. The van der Waals surface area contributed by atoms with Crippen LogP contribution in [0.25, 0.3) is 0 Å². The zero-order valence-electron chi connectivity index (χ0n) is 20.6. The highest BCUT2D eigenvalue weighted by molar-refractivity contribution is 5.96. The summed E-state index contributed by atoms with van der Waals surface area (Å²) < 4.78 is 5.85. The predicted molar refractivity (Wildman–Crippen MR) is 129 cm³/mol. The Morgan fingerprint density at radius 3 is 2.26 bits per heavy atom. The van der Waals surface area contributed by atoms with Crippen LogP contribution in [0.4, 0.5) is 0 Å². The summed E-state index contributed by atoms with van der Waals surface area (Å²) in [5.41, 5.74) is 1.97. The van der Waals surface area contributed by atoms with E-state index in [1.54, 1.807) is 7.11 Å². The Labute approximate surface area is 189 Å². The van der Waals surface area contributed by atoms with Gasteiger partial charge in [-0.05, 0) is 77.0 Å². The van der Waals surface area contributed by atoms with Crippen molar-refractivity contribution in [2.75, 3.05) is 7.11 Å². The first-order chi connectivity index (χ1) is 14.6. The average Bonchev–Trinajstić information content (AvgIpc) is 2.72. The van der Waals surface area contributed by atoms with Gasteiger partial charge in [0.15, 0.2) is 0 Å². The van der Waals surface area contributed by atoms with Gasteiger partial charge >= 0.3 is 0 Å². The molecule has 2 aliphatic rings. The minimum atomic E-state index is -0.139. The summed E-state index contributed by atoms with van der Waals surface area (Å²) in [6.07, 6.45) is 9.29. The van der Waals surface area contributed by atoms with Gasteiger partial charge in [0.05, 0.1) is 12.9 Å². The van der Waals surface area contributed by atoms with Crippen molar-refractivity contribution in [2.45, 2.75) is 84.7 Å². The minimum absolute atomic E-state index is 0.139. The minimum Gasteiger partial charge on any atom is -0.501 e. The summed E-state index contributed by atoms with van der Waals surface area (Å²) >= 11 is 0. The molecule has 0 radical (unpaired) electrons. The molecule has 0 saturated carbocycles. The molecule has 1 fully saturated rings. The molecule has 1 aromatic rings. The summed E-state index contributed by atoms with van der Waals surface area (Å²) in [6.45, 7) is 13.4. The van der Waals surface area contributed by atoms with E-state index in [0.717, 1.165) is 37.0 Å². The van der Waals surface area contributed by atoms with Crippen LogP contribution in [-0.2, 0) is 16.0 Å². The first-order valence-corrected chi connectivity index (χ1v) is 12.0. The summed E-state index contributed by atoms with van der Waals surface area (Å²) in [7, 11) is 1.76. The Morgan fingerprint density at radius 1 is 1.10 bits per heavy atom. The van der Waals surface area contributed by atoms with Gasteiger partial charge in [0.25, 0.3) is 5.91 Å². The molecule has 1 saturated heterocycles. The zero-order chi connectivity index (χ0) is 22.8. The van der Waals surface area contributed by atoms with E-state index in [1.165, 1.54) is 12.0 Å². The van der Waals surface area contributed by atoms with Gasteiger partial charge < -0.3 is 9.64 Å². The lowest BCUT2D eigenvalue weighted by atomic mass is 9.69. The van der Waals surface area contributed by atoms with Crippen LogP contribution < -0.4 is 0 Å². The Balaban J connectivity index is 2.03. The SMILES string of the molecule is CCC(C)[C@@H]1C(C(=O)N2C(C)(C)CCCC2(C)C)=CC=C(OC)[C@H]1Cc1ccccc1. The molecule has 3 atom stereocenters. The predicted octanol–water partition coefficient (Wildman–Crippen LogP) is 6.55. The maximum atomic E-state index is 14.2. The number of carbonyl (C=O) groups is 1. The molecule has 1 aliphatic heterocycles. The van der Waals surface area contributed by atoms with Crippen LogP contribution in [0.5, 0.6) is 0 Å². The van der Waals surface area contributed by atoms with Crippen molar-refractivity contribution in [1.29, 1.82) is 0 Å². The van der Waals surface area contributed by atoms with Crippen LogP contribution >= 0.6 is 0 Å². The van der Waals surface area contributed by atoms with Crippen LogP contribution in [0, 0.1) is 17.8 Å². The van der Waals surface area contributed by atoms with Crippen molar-refractivity contribution in [3.63, 3.8) is 0 Å². The van der Waals surface area contributed by atoms with E-state index in [-0.39, 0.29) is 28.8 Å². The lowest BCUT2D eigenvalue weighted by Gasteiger charge is -2.54. The van der Waals surface area contributed by atoms with Crippen LogP contribution in [0.15, 0.2) is 53.8 Å². The molecule has 1 amide bonds. The van der Waals surface area contributed by atoms with Gasteiger partial charge in [-0.25, -0.2) is 0 Å². The standard InChI is InChI=1S/C28H41NO2/c1-8-20(2)25-22(26(30)29-27(3,4)17-12-18-28(29,5)6)15-16-24(31-7)23(25)19-21-13-10-9-11-14-21/h9-11,13-16,20,23,25H,8,12,17-19H2,1-7H3/t20?,23-,25-/m1/s1. The second-order valence-corrected chi connectivity index (χ2v) is 10.7. The van der Waals surface area contributed by atoms with Gasteiger partial charge in [-0.3, -0.25) is 4.79 Å². The third-order valence-corrected chi connectivity index (χ3v) is 7.61. The van der Waals surface area contributed by atoms with Crippen LogP contribution in [0.1, 0.15) is 72.8 Å². The lowest BCUT2D eigenvalue weighted by Crippen LogP contribution is -2.62. The largest absolute Gasteiger partial charge is 0.501 e. The molecular weight excluding hydrogens is 382 g/mol. The normalized spacial score (nSPS) is 26.0. The van der Waals surface area contributed by atoms with Crippen molar-refractivity contribution in [1.82, 2.24) is 4.90 Å². The second-order valence-electron chi connectivity index (χ2n) is 10.7. The van der Waals surface area contributed by atoms with Crippen LogP contribution in [0.3, 0.4) is 0 Å². The van der Waals surface area contributed by atoms with E-state index in [4.69, 9.17) is 4.74 Å². The highest BCUT2D eigenvalue weighted by Gasteiger charge is 2.47. The van der Waals surface area contributed by atoms with E-state index in [9.17, 15) is 4.79 Å². The highest BCUT2D eigenvalue weighted by atomic mass is 16.5. The van der Waals surface area contributed by atoms with Gasteiger partial charge in [-0.15, -0.1) is 0 Å².